The van der Waals surface area contributed by atoms with Crippen LogP contribution in [0.25, 0.3) is 22.6 Å². The molecule has 214 valence electrons. The second-order valence-corrected chi connectivity index (χ2v) is 11.5. The van der Waals surface area contributed by atoms with E-state index in [1.165, 1.54) is 29.8 Å². The highest BCUT2D eigenvalue weighted by molar-refractivity contribution is 7.91. The topological polar surface area (TPSA) is 133 Å². The van der Waals surface area contributed by atoms with Gasteiger partial charge in [0.2, 0.25) is 5.88 Å². The quantitative estimate of drug-likeness (QED) is 0.295. The summed E-state index contributed by atoms with van der Waals surface area (Å²) < 4.78 is 97.9. The van der Waals surface area contributed by atoms with Crippen LogP contribution in [0.5, 0.6) is 5.88 Å². The lowest BCUT2D eigenvalue weighted by Crippen LogP contribution is -2.41. The van der Waals surface area contributed by atoms with Gasteiger partial charge in [-0.05, 0) is 31.7 Å². The minimum Gasteiger partial charge on any atom is -0.469 e. The zero-order valence-corrected chi connectivity index (χ0v) is 21.8. The molecular weight excluding hydrogens is 565 g/mol. The van der Waals surface area contributed by atoms with Crippen molar-refractivity contribution < 1.29 is 39.9 Å². The Labute approximate surface area is 223 Å². The standard InChI is InChI=1S/C23H22F5N7O4S/c1-3-40(37,38)21-16(18-29-7-6-14(35(18)33-21)19(36)32-12(2)13-4-5-13)17-31-10-15-20(30-8-9-34(15)17)39-11-22(24,25)23(26,27)28/h6-10,12-13H,3-5,11H2,1-2H3,(H,32,36). The molecule has 1 N–H and O–H groups in total. The third kappa shape index (κ3) is 4.82. The van der Waals surface area contributed by atoms with Crippen LogP contribution in [0.2, 0.25) is 0 Å². The summed E-state index contributed by atoms with van der Waals surface area (Å²) in [4.78, 5) is 25.2. The molecule has 17 heteroatoms. The maximum absolute atomic E-state index is 13.5. The van der Waals surface area contributed by atoms with Crippen molar-refractivity contribution in [3.63, 3.8) is 0 Å². The molecule has 1 aliphatic carbocycles. The van der Waals surface area contributed by atoms with Crippen LogP contribution in [0.4, 0.5) is 22.0 Å². The highest BCUT2D eigenvalue weighted by Crippen LogP contribution is 2.37. The minimum absolute atomic E-state index is 0.0113. The van der Waals surface area contributed by atoms with Crippen LogP contribution in [-0.4, -0.2) is 73.8 Å². The second-order valence-electron chi connectivity index (χ2n) is 9.31. The summed E-state index contributed by atoms with van der Waals surface area (Å²) in [6.07, 6.45) is 0.847. The zero-order valence-electron chi connectivity index (χ0n) is 21.0. The molecule has 40 heavy (non-hydrogen) atoms. The van der Waals surface area contributed by atoms with Crippen LogP contribution in [0.15, 0.2) is 35.9 Å². The van der Waals surface area contributed by atoms with Crippen LogP contribution in [0.3, 0.4) is 0 Å². The van der Waals surface area contributed by atoms with E-state index in [1.807, 2.05) is 6.92 Å². The first-order chi connectivity index (χ1) is 18.7. The molecule has 4 aromatic heterocycles. The number of carbonyl (C=O) groups is 1. The van der Waals surface area contributed by atoms with Gasteiger partial charge in [-0.1, -0.05) is 6.92 Å². The van der Waals surface area contributed by atoms with Crippen LogP contribution >= 0.6 is 0 Å². The lowest BCUT2D eigenvalue weighted by molar-refractivity contribution is -0.290. The highest BCUT2D eigenvalue weighted by atomic mass is 32.2. The number of hydrogen-bond acceptors (Lipinski definition) is 8. The lowest BCUT2D eigenvalue weighted by atomic mass is 10.2. The van der Waals surface area contributed by atoms with E-state index in [9.17, 15) is 35.2 Å². The Morgan fingerprint density at radius 2 is 1.90 bits per heavy atom. The number of sulfone groups is 1. The number of aromatic nitrogens is 6. The number of nitrogens with zero attached hydrogens (tertiary/aromatic N) is 6. The van der Waals surface area contributed by atoms with Gasteiger partial charge in [0.05, 0.1) is 11.9 Å². The molecule has 0 spiro atoms. The van der Waals surface area contributed by atoms with E-state index in [1.54, 1.807) is 0 Å². The number of carbonyl (C=O) groups excluding carboxylic acids is 1. The van der Waals surface area contributed by atoms with Gasteiger partial charge in [0.15, 0.2) is 32.9 Å². The summed E-state index contributed by atoms with van der Waals surface area (Å²) in [6, 6.07) is 1.26. The van der Waals surface area contributed by atoms with Crippen LogP contribution in [0, 0.1) is 5.92 Å². The number of hydrogen-bond donors (Lipinski definition) is 1. The second kappa shape index (κ2) is 9.64. The number of ether oxygens (including phenoxy) is 1. The first kappa shape index (κ1) is 27.7. The van der Waals surface area contributed by atoms with Gasteiger partial charge in [-0.25, -0.2) is 27.9 Å². The number of fused-ring (bicyclic) bond motifs is 2. The van der Waals surface area contributed by atoms with Gasteiger partial charge in [0, 0.05) is 24.6 Å². The molecule has 1 aliphatic rings. The molecule has 0 saturated heterocycles. The molecule has 0 radical (unpaired) electrons. The Morgan fingerprint density at radius 1 is 1.18 bits per heavy atom. The Morgan fingerprint density at radius 3 is 2.55 bits per heavy atom. The van der Waals surface area contributed by atoms with Crippen molar-refractivity contribution >= 4 is 26.9 Å². The molecule has 5 rings (SSSR count). The SMILES string of the molecule is CCS(=O)(=O)c1nn2c(C(=O)NC(C)C3CC3)ccnc2c1-c1ncc2c(OCC(F)(F)C(F)(F)F)nccn12. The Kier molecular flexibility index (Phi) is 6.67. The Hall–Kier alpha value is -3.89. The van der Waals surface area contributed by atoms with Gasteiger partial charge >= 0.3 is 12.1 Å². The average molecular weight is 588 g/mol. The molecule has 4 heterocycles. The van der Waals surface area contributed by atoms with E-state index in [2.05, 4.69) is 25.4 Å². The Balaban J connectivity index is 1.63. The minimum atomic E-state index is -5.84. The van der Waals surface area contributed by atoms with E-state index >= 15 is 0 Å². The number of rotatable bonds is 9. The number of amides is 1. The molecule has 1 amide bonds. The van der Waals surface area contributed by atoms with Gasteiger partial charge < -0.3 is 10.1 Å². The fourth-order valence-electron chi connectivity index (χ4n) is 4.08. The summed E-state index contributed by atoms with van der Waals surface area (Å²) in [6.45, 7) is 1.22. The molecule has 0 bridgehead atoms. The normalized spacial score (nSPS) is 15.5. The van der Waals surface area contributed by atoms with Gasteiger partial charge in [-0.3, -0.25) is 9.20 Å². The third-order valence-corrected chi connectivity index (χ3v) is 8.17. The van der Waals surface area contributed by atoms with Crippen LogP contribution in [-0.2, 0) is 9.84 Å². The smallest absolute Gasteiger partial charge is 0.456 e. The molecule has 0 aliphatic heterocycles. The number of nitrogens with one attached hydrogen (secondary N) is 1. The molecule has 1 unspecified atom stereocenters. The maximum Gasteiger partial charge on any atom is 0.456 e. The average Bonchev–Trinajstić information content (AvgIpc) is 3.55. The van der Waals surface area contributed by atoms with Crippen molar-refractivity contribution in [3.05, 3.63) is 36.5 Å². The summed E-state index contributed by atoms with van der Waals surface area (Å²) in [7, 11) is -4.04. The molecule has 1 fully saturated rings. The summed E-state index contributed by atoms with van der Waals surface area (Å²) >= 11 is 0. The predicted octanol–water partition coefficient (Wildman–Crippen LogP) is 3.34. The first-order valence-electron chi connectivity index (χ1n) is 12.1. The Bertz CT molecular complexity index is 1710. The number of alkyl halides is 5. The van der Waals surface area contributed by atoms with E-state index in [0.29, 0.717) is 5.92 Å². The zero-order chi connectivity index (χ0) is 29.0. The number of imidazole rings is 1. The fraction of sp³-hybridized carbons (Fsp3) is 0.435. The third-order valence-electron chi connectivity index (χ3n) is 6.53. The van der Waals surface area contributed by atoms with Crippen molar-refractivity contribution in [2.24, 2.45) is 5.92 Å². The van der Waals surface area contributed by atoms with Crippen molar-refractivity contribution in [2.75, 3.05) is 12.4 Å². The van der Waals surface area contributed by atoms with Gasteiger partial charge in [0.1, 0.15) is 16.8 Å². The fourth-order valence-corrected chi connectivity index (χ4v) is 5.06. The molecule has 1 saturated carbocycles. The number of halogens is 5. The van der Waals surface area contributed by atoms with Gasteiger partial charge in [-0.15, -0.1) is 0 Å². The van der Waals surface area contributed by atoms with Crippen molar-refractivity contribution in [2.45, 2.75) is 49.9 Å². The molecule has 11 nitrogen and oxygen atoms in total. The maximum atomic E-state index is 13.5. The summed E-state index contributed by atoms with van der Waals surface area (Å²) in [5.74, 6) is -6.35. The van der Waals surface area contributed by atoms with Gasteiger partial charge in [-0.2, -0.15) is 27.1 Å². The first-order valence-corrected chi connectivity index (χ1v) is 13.7. The largest absolute Gasteiger partial charge is 0.469 e. The van der Waals surface area contributed by atoms with Gasteiger partial charge in [0.25, 0.3) is 5.91 Å². The summed E-state index contributed by atoms with van der Waals surface area (Å²) in [5, 5.41) is 6.63. The van der Waals surface area contributed by atoms with Crippen LogP contribution in [0.1, 0.15) is 37.2 Å². The molecule has 1 atom stereocenters. The molecule has 4 aromatic rings. The van der Waals surface area contributed by atoms with Crippen molar-refractivity contribution in [3.8, 4) is 17.3 Å². The van der Waals surface area contributed by atoms with Crippen molar-refractivity contribution in [1.29, 1.82) is 0 Å². The lowest BCUT2D eigenvalue weighted by Gasteiger charge is -2.19. The van der Waals surface area contributed by atoms with E-state index < -0.39 is 45.4 Å². The van der Waals surface area contributed by atoms with E-state index in [4.69, 9.17) is 4.74 Å². The van der Waals surface area contributed by atoms with Crippen molar-refractivity contribution in [1.82, 2.24) is 34.3 Å². The predicted molar refractivity (Wildman–Crippen MR) is 129 cm³/mol. The van der Waals surface area contributed by atoms with E-state index in [0.717, 1.165) is 29.8 Å². The van der Waals surface area contributed by atoms with E-state index in [-0.39, 0.29) is 40.0 Å². The monoisotopic (exact) mass is 587 g/mol. The summed E-state index contributed by atoms with van der Waals surface area (Å²) in [5.41, 5.74) is -0.266. The van der Waals surface area contributed by atoms with Crippen LogP contribution < -0.4 is 10.1 Å². The molecular formula is C23H22F5N7O4S. The molecule has 0 aromatic carbocycles. The highest BCUT2D eigenvalue weighted by Gasteiger charge is 2.58.